The molecule has 0 N–H and O–H groups in total. The smallest absolute Gasteiger partial charge is 0.207 e. The monoisotopic (exact) mass is 925 g/mol. The zero-order valence-electron chi connectivity index (χ0n) is 30.6. The van der Waals surface area contributed by atoms with Gasteiger partial charge < -0.3 is 0 Å². The van der Waals surface area contributed by atoms with E-state index < -0.39 is 144 Å². The molecule has 1 nitrogen and oxygen atoms in total. The van der Waals surface area contributed by atoms with Crippen molar-refractivity contribution in [2.45, 2.75) is 27.3 Å². The molecule has 1 heterocycles. The van der Waals surface area contributed by atoms with Gasteiger partial charge in [-0.05, 0) is 49.6 Å². The highest BCUT2D eigenvalue weighted by atomic mass is 35.5. The second kappa shape index (κ2) is 17.2. The lowest BCUT2D eigenvalue weighted by molar-refractivity contribution is -0.686. The van der Waals surface area contributed by atoms with E-state index in [1.165, 1.54) is 22.3 Å². The molecular formula is C39H17BClF20N. The minimum atomic E-state index is -7.22. The summed E-state index contributed by atoms with van der Waals surface area (Å²) in [5.41, 5.74) is -9.00. The van der Waals surface area contributed by atoms with Crippen LogP contribution in [0.5, 0.6) is 0 Å². The van der Waals surface area contributed by atoms with E-state index in [1.54, 1.807) is 0 Å². The Morgan fingerprint density at radius 2 is 0.629 bits per heavy atom. The van der Waals surface area contributed by atoms with E-state index >= 15 is 35.1 Å². The molecule has 1 aromatic heterocycles. The number of aromatic nitrogens is 1. The number of hydrogen-bond donors (Lipinski definition) is 0. The first kappa shape index (κ1) is 47.3. The maximum Gasteiger partial charge on any atom is 0.275 e. The van der Waals surface area contributed by atoms with Gasteiger partial charge in [0.05, 0.1) is 0 Å². The molecule has 0 amide bonds. The van der Waals surface area contributed by atoms with Crippen molar-refractivity contribution >= 4 is 39.6 Å². The summed E-state index contributed by atoms with van der Waals surface area (Å²) in [6.07, 6.45) is -5.20. The molecule has 6 aromatic rings. The number of pyridine rings is 1. The van der Waals surface area contributed by atoms with Crippen LogP contribution < -0.4 is 26.4 Å². The van der Waals surface area contributed by atoms with Crippen LogP contribution in [0.3, 0.4) is 0 Å². The second-order valence-electron chi connectivity index (χ2n) is 13.3. The molecule has 5 aromatic carbocycles. The number of benzene rings is 5. The van der Waals surface area contributed by atoms with Gasteiger partial charge in [-0.1, -0.05) is 17.7 Å². The Morgan fingerprint density at radius 1 is 0.387 bits per heavy atom. The molecule has 0 aliphatic heterocycles. The van der Waals surface area contributed by atoms with Crippen LogP contribution in [-0.4, -0.2) is 6.15 Å². The van der Waals surface area contributed by atoms with Gasteiger partial charge in [-0.3, -0.25) is 0 Å². The first-order valence-electron chi connectivity index (χ1n) is 16.7. The molecule has 62 heavy (non-hydrogen) atoms. The highest BCUT2D eigenvalue weighted by Gasteiger charge is 2.52. The van der Waals surface area contributed by atoms with Crippen LogP contribution in [0.15, 0.2) is 36.5 Å². The predicted molar refractivity (Wildman–Crippen MR) is 181 cm³/mol. The van der Waals surface area contributed by atoms with Crippen molar-refractivity contribution in [3.05, 3.63) is 180 Å². The Kier molecular flexibility index (Phi) is 13.1. The third kappa shape index (κ3) is 7.28. The topological polar surface area (TPSA) is 3.88 Å². The van der Waals surface area contributed by atoms with E-state index in [4.69, 9.17) is 11.6 Å². The van der Waals surface area contributed by atoms with Crippen molar-refractivity contribution in [2.24, 2.45) is 0 Å². The van der Waals surface area contributed by atoms with Gasteiger partial charge in [0, 0.05) is 17.7 Å². The largest absolute Gasteiger partial charge is 0.275 e. The number of hydrogen-bond acceptors (Lipinski definition) is 0. The zero-order chi connectivity index (χ0) is 46.8. The maximum absolute atomic E-state index is 15.4. The number of nitrogens with zero attached hydrogens (tertiary/aromatic N) is 1. The Labute approximate surface area is 339 Å². The summed E-state index contributed by atoms with van der Waals surface area (Å²) in [6.45, 7) is 7.28. The molecule has 6 rings (SSSR count). The Bertz CT molecular complexity index is 2430. The molecule has 0 unspecified atom stereocenters. The summed E-state index contributed by atoms with van der Waals surface area (Å²) in [5.74, 6) is -71.4. The normalized spacial score (nSPS) is 11.6. The van der Waals surface area contributed by atoms with Gasteiger partial charge >= 0.3 is 0 Å². The molecule has 0 aliphatic carbocycles. The van der Waals surface area contributed by atoms with Crippen LogP contribution in [0.25, 0.3) is 0 Å². The van der Waals surface area contributed by atoms with E-state index in [1.807, 2.05) is 24.4 Å². The van der Waals surface area contributed by atoms with E-state index in [9.17, 15) is 52.7 Å². The van der Waals surface area contributed by atoms with E-state index in [-0.39, 0.29) is 0 Å². The fourth-order valence-electron chi connectivity index (χ4n) is 7.09. The van der Waals surface area contributed by atoms with Crippen LogP contribution in [0.4, 0.5) is 87.8 Å². The van der Waals surface area contributed by atoms with Gasteiger partial charge in [-0.15, -0.1) is 21.9 Å². The molecule has 0 aliphatic rings. The van der Waals surface area contributed by atoms with Gasteiger partial charge in [-0.2, -0.15) is 4.57 Å². The quantitative estimate of drug-likeness (QED) is 0.0392. The average Bonchev–Trinajstić information content (AvgIpc) is 3.22. The predicted octanol–water partition coefficient (Wildman–Crippen LogP) is 9.45. The minimum Gasteiger partial charge on any atom is -0.207 e. The molecule has 0 fully saturated rings. The lowest BCUT2D eigenvalue weighted by atomic mass is 9.12. The Hall–Kier alpha value is -5.80. The lowest BCUT2D eigenvalue weighted by Crippen LogP contribution is -2.81. The first-order valence-corrected chi connectivity index (χ1v) is 17.1. The maximum atomic E-state index is 15.4. The van der Waals surface area contributed by atoms with Gasteiger partial charge in [0.1, 0.15) is 52.7 Å². The summed E-state index contributed by atoms with van der Waals surface area (Å²) in [5, 5.41) is 0.770. The molecule has 0 saturated carbocycles. The SMILES string of the molecule is Cc1cc(C)c(C[n+]2ccccc2Cl)c(C)c1.Fc1c(F)c(F)c([B-](c2c(F)c(F)c(F)c(F)c2F)(c2c(F)c(F)c(F)c(F)c2F)c2c(F)c(F)c(F)c(F)c2F)c(F)c1F. The molecule has 0 spiro atoms. The molecule has 0 saturated heterocycles. The molecule has 0 bridgehead atoms. The van der Waals surface area contributed by atoms with Crippen molar-refractivity contribution in [1.82, 2.24) is 0 Å². The fourth-order valence-corrected chi connectivity index (χ4v) is 7.28. The third-order valence-corrected chi connectivity index (χ3v) is 10.1. The summed E-state index contributed by atoms with van der Waals surface area (Å²) in [6, 6.07) is 10.3. The van der Waals surface area contributed by atoms with Gasteiger partial charge in [0.2, 0.25) is 0 Å². The Balaban J connectivity index is 0.000000355. The molecule has 23 heteroatoms. The molecule has 0 atom stereocenters. The van der Waals surface area contributed by atoms with Crippen LogP contribution in [0.1, 0.15) is 22.3 Å². The highest BCUT2D eigenvalue weighted by molar-refractivity contribution is 7.20. The summed E-state index contributed by atoms with van der Waals surface area (Å²) in [7, 11) is 0. The van der Waals surface area contributed by atoms with Gasteiger partial charge in [0.25, 0.3) is 5.15 Å². The van der Waals surface area contributed by atoms with Crippen molar-refractivity contribution < 1.29 is 92.4 Å². The number of rotatable bonds is 6. The molecule has 0 radical (unpaired) electrons. The van der Waals surface area contributed by atoms with Crippen molar-refractivity contribution in [3.63, 3.8) is 0 Å². The molecule has 328 valence electrons. The van der Waals surface area contributed by atoms with Crippen LogP contribution in [0.2, 0.25) is 5.15 Å². The zero-order valence-corrected chi connectivity index (χ0v) is 31.4. The minimum absolute atomic E-state index is 0.770. The summed E-state index contributed by atoms with van der Waals surface area (Å²) in [4.78, 5) is 0. The Morgan fingerprint density at radius 3 is 0.871 bits per heavy atom. The van der Waals surface area contributed by atoms with Crippen molar-refractivity contribution in [3.8, 4) is 0 Å². The lowest BCUT2D eigenvalue weighted by Gasteiger charge is -2.44. The number of halogens is 21. The van der Waals surface area contributed by atoms with E-state index in [0.717, 1.165) is 11.7 Å². The van der Waals surface area contributed by atoms with E-state index in [0.29, 0.717) is 0 Å². The first-order chi connectivity index (χ1) is 28.8. The molecular weight excluding hydrogens is 909 g/mol. The van der Waals surface area contributed by atoms with Crippen LogP contribution in [-0.2, 0) is 6.54 Å². The third-order valence-electron chi connectivity index (χ3n) is 9.76. The summed E-state index contributed by atoms with van der Waals surface area (Å²) >= 11 is 6.17. The second-order valence-corrected chi connectivity index (χ2v) is 13.7. The van der Waals surface area contributed by atoms with Crippen molar-refractivity contribution in [1.29, 1.82) is 0 Å². The standard InChI is InChI=1S/C24BF20.C15H17ClN/c26-5-1(6(27)14(35)21(42)13(5)34)25(2-7(28)15(36)22(43)16(37)8(2)29,3-9(30)17(38)23(44)18(39)10(3)31)4-11(32)19(40)24(45)20(41)12(4)33;1-11-8-12(2)14(13(3)9-11)10-17-7-5-4-6-15(17)16/h;4-9H,10H2,1-3H3/q-1;+1. The highest BCUT2D eigenvalue weighted by Crippen LogP contribution is 2.31. The van der Waals surface area contributed by atoms with Gasteiger partial charge in [0.15, 0.2) is 82.5 Å². The van der Waals surface area contributed by atoms with E-state index in [2.05, 4.69) is 37.5 Å². The fraction of sp³-hybridized carbons (Fsp3) is 0.103. The van der Waals surface area contributed by atoms with Crippen LogP contribution >= 0.6 is 11.6 Å². The average molecular weight is 926 g/mol. The summed E-state index contributed by atoms with van der Waals surface area (Å²) < 4.78 is 296. The van der Waals surface area contributed by atoms with Crippen LogP contribution in [0, 0.1) is 137 Å². The number of aryl methyl sites for hydroxylation is 3. The van der Waals surface area contributed by atoms with Crippen molar-refractivity contribution in [2.75, 3.05) is 0 Å². The van der Waals surface area contributed by atoms with Gasteiger partial charge in [-0.25, -0.2) is 87.8 Å².